The molecule has 2 unspecified atom stereocenters. The van der Waals surface area contributed by atoms with Crippen molar-refractivity contribution in [1.82, 2.24) is 4.90 Å². The van der Waals surface area contributed by atoms with Gasteiger partial charge in [0.05, 0.1) is 5.92 Å². The van der Waals surface area contributed by atoms with Crippen molar-refractivity contribution in [3.8, 4) is 0 Å². The van der Waals surface area contributed by atoms with E-state index in [4.69, 9.17) is 5.11 Å². The number of carbonyl (C=O) groups is 2. The largest absolute Gasteiger partial charge is 0.481 e. The Morgan fingerprint density at radius 2 is 1.81 bits per heavy atom. The third-order valence-electron chi connectivity index (χ3n) is 3.86. The Kier molecular flexibility index (Phi) is 6.40. The van der Waals surface area contributed by atoms with Gasteiger partial charge in [0.2, 0.25) is 5.91 Å². The second-order valence-corrected chi connectivity index (χ2v) is 5.73. The quantitative estimate of drug-likeness (QED) is 0.840. The van der Waals surface area contributed by atoms with Crippen LogP contribution in [0, 0.1) is 12.8 Å². The Morgan fingerprint density at radius 1 is 1.24 bits per heavy atom. The lowest BCUT2D eigenvalue weighted by Gasteiger charge is -2.22. The predicted molar refractivity (Wildman–Crippen MR) is 83.3 cm³/mol. The van der Waals surface area contributed by atoms with Crippen LogP contribution in [-0.4, -0.2) is 35.5 Å². The van der Waals surface area contributed by atoms with Gasteiger partial charge in [-0.15, -0.1) is 0 Å². The minimum absolute atomic E-state index is 0.00414. The van der Waals surface area contributed by atoms with Crippen molar-refractivity contribution < 1.29 is 14.7 Å². The van der Waals surface area contributed by atoms with Gasteiger partial charge in [-0.1, -0.05) is 43.7 Å². The van der Waals surface area contributed by atoms with Crippen LogP contribution in [0.3, 0.4) is 0 Å². The highest BCUT2D eigenvalue weighted by atomic mass is 16.4. The minimum atomic E-state index is -0.875. The molecule has 0 saturated heterocycles. The van der Waals surface area contributed by atoms with Gasteiger partial charge in [0.1, 0.15) is 0 Å². The van der Waals surface area contributed by atoms with Crippen molar-refractivity contribution in [1.29, 1.82) is 0 Å². The van der Waals surface area contributed by atoms with E-state index in [2.05, 4.69) is 31.2 Å². The molecule has 0 heterocycles. The number of nitrogens with zero attached hydrogens (tertiary/aromatic N) is 1. The second-order valence-electron chi connectivity index (χ2n) is 5.73. The molecule has 0 radical (unpaired) electrons. The van der Waals surface area contributed by atoms with E-state index in [-0.39, 0.29) is 18.4 Å². The Hall–Kier alpha value is -1.84. The number of carboxylic acid groups (broad SMARTS) is 1. The number of aliphatic carboxylic acids is 1. The maximum absolute atomic E-state index is 12.2. The molecule has 0 aliphatic heterocycles. The third kappa shape index (κ3) is 5.21. The van der Waals surface area contributed by atoms with Gasteiger partial charge in [0, 0.05) is 20.0 Å². The zero-order chi connectivity index (χ0) is 16.0. The van der Waals surface area contributed by atoms with E-state index in [1.807, 2.05) is 6.92 Å². The molecule has 1 N–H and O–H groups in total. The Morgan fingerprint density at radius 3 is 2.29 bits per heavy atom. The molecular formula is C17H25NO3. The zero-order valence-corrected chi connectivity index (χ0v) is 13.3. The first-order valence-corrected chi connectivity index (χ1v) is 7.38. The van der Waals surface area contributed by atoms with Crippen LogP contribution in [0.1, 0.15) is 43.7 Å². The molecule has 4 nitrogen and oxygen atoms in total. The zero-order valence-electron chi connectivity index (χ0n) is 13.3. The number of hydrogen-bond donors (Lipinski definition) is 1. The number of aryl methyl sites for hydroxylation is 1. The van der Waals surface area contributed by atoms with E-state index >= 15 is 0 Å². The lowest BCUT2D eigenvalue weighted by molar-refractivity contribution is -0.142. The first kappa shape index (κ1) is 17.2. The van der Waals surface area contributed by atoms with Crippen LogP contribution >= 0.6 is 0 Å². The molecule has 4 heteroatoms. The molecule has 21 heavy (non-hydrogen) atoms. The molecule has 1 rings (SSSR count). The van der Waals surface area contributed by atoms with Gasteiger partial charge in [-0.3, -0.25) is 9.59 Å². The summed E-state index contributed by atoms with van der Waals surface area (Å²) in [5.74, 6) is -1.24. The summed E-state index contributed by atoms with van der Waals surface area (Å²) >= 11 is 0. The lowest BCUT2D eigenvalue weighted by atomic mass is 9.92. The van der Waals surface area contributed by atoms with Crippen LogP contribution in [-0.2, 0) is 9.59 Å². The molecule has 2 atom stereocenters. The molecule has 0 saturated carbocycles. The number of carbonyl (C=O) groups excluding carboxylic acids is 1. The highest BCUT2D eigenvalue weighted by molar-refractivity contribution is 5.78. The summed E-state index contributed by atoms with van der Waals surface area (Å²) < 4.78 is 0. The Labute approximate surface area is 126 Å². The molecule has 1 aromatic rings. The van der Waals surface area contributed by atoms with Gasteiger partial charge < -0.3 is 10.0 Å². The van der Waals surface area contributed by atoms with Gasteiger partial charge in [-0.25, -0.2) is 0 Å². The van der Waals surface area contributed by atoms with Gasteiger partial charge in [0.15, 0.2) is 0 Å². The number of amides is 1. The predicted octanol–water partition coefficient (Wildman–Crippen LogP) is 3.06. The van der Waals surface area contributed by atoms with Crippen molar-refractivity contribution in [3.63, 3.8) is 0 Å². The first-order chi connectivity index (χ1) is 9.85. The number of benzene rings is 1. The van der Waals surface area contributed by atoms with Crippen LogP contribution in [0.25, 0.3) is 0 Å². The van der Waals surface area contributed by atoms with E-state index in [0.717, 1.165) is 12.0 Å². The molecule has 0 bridgehead atoms. The van der Waals surface area contributed by atoms with E-state index in [1.165, 1.54) is 10.5 Å². The van der Waals surface area contributed by atoms with Crippen molar-refractivity contribution in [2.45, 2.75) is 39.5 Å². The van der Waals surface area contributed by atoms with Gasteiger partial charge >= 0.3 is 5.97 Å². The second kappa shape index (κ2) is 7.81. The minimum Gasteiger partial charge on any atom is -0.481 e. The number of rotatable bonds is 7. The van der Waals surface area contributed by atoms with E-state index < -0.39 is 11.9 Å². The maximum atomic E-state index is 12.2. The first-order valence-electron chi connectivity index (χ1n) is 7.38. The van der Waals surface area contributed by atoms with Crippen LogP contribution < -0.4 is 0 Å². The smallest absolute Gasteiger partial charge is 0.308 e. The summed E-state index contributed by atoms with van der Waals surface area (Å²) in [6, 6.07) is 8.24. The van der Waals surface area contributed by atoms with Gasteiger partial charge in [-0.05, 0) is 24.8 Å². The van der Waals surface area contributed by atoms with Gasteiger partial charge in [0.25, 0.3) is 0 Å². The fraction of sp³-hybridized carbons (Fsp3) is 0.529. The molecule has 0 fully saturated rings. The SMILES string of the molecule is CCC(CC(=O)N(C)CC(C)C(=O)O)c1ccc(C)cc1. The van der Waals surface area contributed by atoms with Crippen molar-refractivity contribution >= 4 is 11.9 Å². The van der Waals surface area contributed by atoms with Crippen molar-refractivity contribution in [3.05, 3.63) is 35.4 Å². The van der Waals surface area contributed by atoms with E-state index in [9.17, 15) is 9.59 Å². The van der Waals surface area contributed by atoms with E-state index in [0.29, 0.717) is 6.42 Å². The van der Waals surface area contributed by atoms with Crippen LogP contribution in [0.5, 0.6) is 0 Å². The molecule has 116 valence electrons. The fourth-order valence-corrected chi connectivity index (χ4v) is 2.29. The van der Waals surface area contributed by atoms with Crippen LogP contribution in [0.15, 0.2) is 24.3 Å². The normalized spacial score (nSPS) is 13.5. The van der Waals surface area contributed by atoms with Crippen LogP contribution in [0.4, 0.5) is 0 Å². The number of hydrogen-bond acceptors (Lipinski definition) is 2. The summed E-state index contributed by atoms with van der Waals surface area (Å²) in [4.78, 5) is 24.6. The average molecular weight is 291 g/mol. The maximum Gasteiger partial charge on any atom is 0.308 e. The number of carboxylic acids is 1. The lowest BCUT2D eigenvalue weighted by Crippen LogP contribution is -2.34. The van der Waals surface area contributed by atoms with Gasteiger partial charge in [-0.2, -0.15) is 0 Å². The molecule has 1 amide bonds. The molecule has 0 aliphatic carbocycles. The Bertz CT molecular complexity index is 481. The standard InChI is InChI=1S/C17H25NO3/c1-5-14(15-8-6-12(2)7-9-15)10-16(19)18(4)11-13(3)17(20)21/h6-9,13-14H,5,10-11H2,1-4H3,(H,20,21). The monoisotopic (exact) mass is 291 g/mol. The summed E-state index contributed by atoms with van der Waals surface area (Å²) in [5, 5.41) is 8.91. The fourth-order valence-electron chi connectivity index (χ4n) is 2.29. The van der Waals surface area contributed by atoms with Crippen LogP contribution in [0.2, 0.25) is 0 Å². The summed E-state index contributed by atoms with van der Waals surface area (Å²) in [6.07, 6.45) is 1.31. The molecule has 1 aromatic carbocycles. The molecule has 0 spiro atoms. The molecular weight excluding hydrogens is 266 g/mol. The highest BCUT2D eigenvalue weighted by Gasteiger charge is 2.20. The summed E-state index contributed by atoms with van der Waals surface area (Å²) in [6.45, 7) is 5.97. The molecule has 0 aliphatic rings. The molecule has 0 aromatic heterocycles. The summed E-state index contributed by atoms with van der Waals surface area (Å²) in [5.41, 5.74) is 2.36. The van der Waals surface area contributed by atoms with Crippen molar-refractivity contribution in [2.24, 2.45) is 5.92 Å². The summed E-state index contributed by atoms with van der Waals surface area (Å²) in [7, 11) is 1.67. The van der Waals surface area contributed by atoms with E-state index in [1.54, 1.807) is 14.0 Å². The third-order valence-corrected chi connectivity index (χ3v) is 3.86. The average Bonchev–Trinajstić information content (AvgIpc) is 2.45. The Balaban J connectivity index is 2.66. The van der Waals surface area contributed by atoms with Crippen molar-refractivity contribution in [2.75, 3.05) is 13.6 Å². The highest BCUT2D eigenvalue weighted by Crippen LogP contribution is 2.24. The topological polar surface area (TPSA) is 57.6 Å².